The zero-order chi connectivity index (χ0) is 14.7. The molecule has 1 amide bonds. The van der Waals surface area contributed by atoms with Gasteiger partial charge in [0.15, 0.2) is 0 Å². The highest BCUT2D eigenvalue weighted by Crippen LogP contribution is 2.65. The molecule has 0 aromatic heterocycles. The van der Waals surface area contributed by atoms with E-state index in [1.807, 2.05) is 0 Å². The number of carbonyl (C=O) groups excluding carboxylic acids is 1. The van der Waals surface area contributed by atoms with Crippen LogP contribution in [0.25, 0.3) is 0 Å². The van der Waals surface area contributed by atoms with Gasteiger partial charge in [-0.1, -0.05) is 6.92 Å². The van der Waals surface area contributed by atoms with E-state index in [0.29, 0.717) is 30.4 Å². The number of halogens is 1. The Labute approximate surface area is 132 Å². The lowest BCUT2D eigenvalue weighted by molar-refractivity contribution is -0.171. The van der Waals surface area contributed by atoms with E-state index in [1.165, 1.54) is 19.3 Å². The molecule has 1 heterocycles. The molecule has 0 N–H and O–H groups in total. The highest BCUT2D eigenvalue weighted by Gasteiger charge is 2.59. The molecule has 1 aliphatic heterocycles. The molecular formula is C17H26ClNO2. The molecule has 4 heteroatoms. The predicted octanol–water partition coefficient (Wildman–Crippen LogP) is 3.06. The maximum Gasteiger partial charge on any atom is 0.228 e. The van der Waals surface area contributed by atoms with Gasteiger partial charge in [0, 0.05) is 13.1 Å². The average molecular weight is 312 g/mol. The number of carbonyl (C=O) groups is 1. The predicted molar refractivity (Wildman–Crippen MR) is 82.3 cm³/mol. The zero-order valence-electron chi connectivity index (χ0n) is 12.9. The van der Waals surface area contributed by atoms with Crippen molar-refractivity contribution in [3.05, 3.63) is 0 Å². The molecule has 0 aromatic rings. The van der Waals surface area contributed by atoms with Crippen LogP contribution in [0.15, 0.2) is 0 Å². The summed E-state index contributed by atoms with van der Waals surface area (Å²) in [4.78, 5) is 15.3. The molecule has 0 radical (unpaired) electrons. The Hall–Kier alpha value is -0.280. The first-order valence-corrected chi connectivity index (χ1v) is 9.02. The molecule has 1 saturated heterocycles. The fourth-order valence-corrected chi connectivity index (χ4v) is 6.49. The van der Waals surface area contributed by atoms with E-state index in [4.69, 9.17) is 16.3 Å². The van der Waals surface area contributed by atoms with Crippen molar-refractivity contribution in [3.63, 3.8) is 0 Å². The molecule has 21 heavy (non-hydrogen) atoms. The lowest BCUT2D eigenvalue weighted by atomic mass is 9.44. The van der Waals surface area contributed by atoms with Crippen LogP contribution < -0.4 is 0 Å². The fourth-order valence-electron chi connectivity index (χ4n) is 6.30. The van der Waals surface area contributed by atoms with Crippen LogP contribution in [0.5, 0.6) is 0 Å². The van der Waals surface area contributed by atoms with Crippen LogP contribution in [0.2, 0.25) is 0 Å². The first-order chi connectivity index (χ1) is 10.0. The summed E-state index contributed by atoms with van der Waals surface area (Å²) >= 11 is 5.93. The Bertz CT molecular complexity index is 438. The van der Waals surface area contributed by atoms with Gasteiger partial charge in [-0.15, -0.1) is 11.6 Å². The third kappa shape index (κ3) is 2.31. The van der Waals surface area contributed by atoms with Crippen LogP contribution in [0.4, 0.5) is 0 Å². The van der Waals surface area contributed by atoms with E-state index in [2.05, 4.69) is 11.8 Å². The number of hydrogen-bond acceptors (Lipinski definition) is 2. The number of nitrogens with zero attached hydrogens (tertiary/aromatic N) is 1. The molecule has 5 aliphatic rings. The van der Waals surface area contributed by atoms with Crippen molar-refractivity contribution in [1.82, 2.24) is 4.90 Å². The Balaban J connectivity index is 1.56. The molecule has 4 aliphatic carbocycles. The quantitative estimate of drug-likeness (QED) is 0.734. The van der Waals surface area contributed by atoms with Gasteiger partial charge in [-0.25, -0.2) is 0 Å². The average Bonchev–Trinajstić information content (AvgIpc) is 2.44. The highest BCUT2D eigenvalue weighted by molar-refractivity contribution is 6.18. The minimum atomic E-state index is -0.0486. The van der Waals surface area contributed by atoms with E-state index in [9.17, 15) is 4.79 Å². The van der Waals surface area contributed by atoms with E-state index in [1.54, 1.807) is 0 Å². The smallest absolute Gasteiger partial charge is 0.228 e. The monoisotopic (exact) mass is 311 g/mol. The van der Waals surface area contributed by atoms with Crippen molar-refractivity contribution >= 4 is 17.5 Å². The third-order valence-corrected chi connectivity index (χ3v) is 6.75. The number of morpholine rings is 1. The third-order valence-electron chi connectivity index (χ3n) is 6.41. The van der Waals surface area contributed by atoms with Crippen molar-refractivity contribution in [2.45, 2.75) is 51.6 Å². The fraction of sp³-hybridized carbons (Fsp3) is 0.941. The molecule has 0 spiro atoms. The summed E-state index contributed by atoms with van der Waals surface area (Å²) in [5.74, 6) is 2.50. The van der Waals surface area contributed by atoms with Crippen molar-refractivity contribution in [3.8, 4) is 0 Å². The van der Waals surface area contributed by atoms with Gasteiger partial charge in [0.2, 0.25) is 5.91 Å². The molecular weight excluding hydrogens is 286 g/mol. The largest absolute Gasteiger partial charge is 0.373 e. The highest BCUT2D eigenvalue weighted by atomic mass is 35.5. The molecule has 3 nitrogen and oxygen atoms in total. The van der Waals surface area contributed by atoms with Crippen LogP contribution in [-0.2, 0) is 9.53 Å². The maximum atomic E-state index is 13.3. The van der Waals surface area contributed by atoms with E-state index in [-0.39, 0.29) is 11.5 Å². The summed E-state index contributed by atoms with van der Waals surface area (Å²) in [6, 6.07) is 0. The first-order valence-electron chi connectivity index (χ1n) is 8.49. The SMILES string of the molecule is CC12CC3CC(C1)CC(C(=O)N1CCOC(CCl)C1)(C3)C2. The normalized spacial score (nSPS) is 48.7. The standard InChI is InChI=1S/C17H26ClNO2/c1-16-5-12-4-13(6-16)8-17(7-12,11-16)15(20)19-2-3-21-14(9-18)10-19/h12-14H,2-11H2,1H3. The summed E-state index contributed by atoms with van der Waals surface area (Å²) in [6.07, 6.45) is 7.50. The summed E-state index contributed by atoms with van der Waals surface area (Å²) < 4.78 is 5.62. The molecule has 5 rings (SSSR count). The Kier molecular flexibility index (Phi) is 3.31. The maximum absolute atomic E-state index is 13.3. The minimum absolute atomic E-state index is 0.0221. The van der Waals surface area contributed by atoms with E-state index >= 15 is 0 Å². The summed E-state index contributed by atoms with van der Waals surface area (Å²) in [5, 5.41) is 0. The van der Waals surface area contributed by atoms with Crippen molar-refractivity contribution in [2.24, 2.45) is 22.7 Å². The van der Waals surface area contributed by atoms with Crippen LogP contribution in [0, 0.1) is 22.7 Å². The number of amides is 1. The number of alkyl halides is 1. The molecule has 118 valence electrons. The van der Waals surface area contributed by atoms with Crippen molar-refractivity contribution in [2.75, 3.05) is 25.6 Å². The zero-order valence-corrected chi connectivity index (χ0v) is 13.7. The van der Waals surface area contributed by atoms with Crippen molar-refractivity contribution < 1.29 is 9.53 Å². The summed E-state index contributed by atoms with van der Waals surface area (Å²) in [5.41, 5.74) is 0.380. The lowest BCUT2D eigenvalue weighted by Crippen LogP contribution is -2.59. The second-order valence-electron chi connectivity index (χ2n) is 8.45. The molecule has 3 unspecified atom stereocenters. The van der Waals surface area contributed by atoms with Gasteiger partial charge < -0.3 is 9.64 Å². The molecule has 0 aromatic carbocycles. The lowest BCUT2D eigenvalue weighted by Gasteiger charge is -2.61. The Morgan fingerprint density at radius 2 is 2.00 bits per heavy atom. The van der Waals surface area contributed by atoms with E-state index < -0.39 is 0 Å². The topological polar surface area (TPSA) is 29.5 Å². The van der Waals surface area contributed by atoms with Gasteiger partial charge in [0.1, 0.15) is 0 Å². The number of hydrogen-bond donors (Lipinski definition) is 0. The van der Waals surface area contributed by atoms with Gasteiger partial charge in [-0.3, -0.25) is 4.79 Å². The van der Waals surface area contributed by atoms with Crippen LogP contribution in [0.3, 0.4) is 0 Å². The number of rotatable bonds is 2. The van der Waals surface area contributed by atoms with Crippen molar-refractivity contribution in [1.29, 1.82) is 0 Å². The summed E-state index contributed by atoms with van der Waals surface area (Å²) in [7, 11) is 0. The second-order valence-corrected chi connectivity index (χ2v) is 8.76. The molecule has 3 atom stereocenters. The van der Waals surface area contributed by atoms with Gasteiger partial charge in [-0.2, -0.15) is 0 Å². The molecule has 4 saturated carbocycles. The molecule has 4 bridgehead atoms. The second kappa shape index (κ2) is 4.86. The van der Waals surface area contributed by atoms with Crippen LogP contribution in [0.1, 0.15) is 45.4 Å². The van der Waals surface area contributed by atoms with Gasteiger partial charge >= 0.3 is 0 Å². The van der Waals surface area contributed by atoms with Crippen LogP contribution >= 0.6 is 11.6 Å². The first kappa shape index (κ1) is 14.3. The number of ether oxygens (including phenoxy) is 1. The molecule has 5 fully saturated rings. The van der Waals surface area contributed by atoms with E-state index in [0.717, 1.165) is 37.6 Å². The van der Waals surface area contributed by atoms with Gasteiger partial charge in [-0.05, 0) is 55.8 Å². The van der Waals surface area contributed by atoms with Gasteiger partial charge in [0.25, 0.3) is 0 Å². The van der Waals surface area contributed by atoms with Gasteiger partial charge in [0.05, 0.1) is 24.0 Å². The Morgan fingerprint density at radius 1 is 1.29 bits per heavy atom. The van der Waals surface area contributed by atoms with Crippen LogP contribution in [-0.4, -0.2) is 42.5 Å². The Morgan fingerprint density at radius 3 is 2.62 bits per heavy atom. The summed E-state index contributed by atoms with van der Waals surface area (Å²) in [6.45, 7) is 4.51. The minimum Gasteiger partial charge on any atom is -0.373 e.